The number of halogens is 2. The zero-order valence-electron chi connectivity index (χ0n) is 14.8. The highest BCUT2D eigenvalue weighted by Gasteiger charge is 2.39. The van der Waals surface area contributed by atoms with Crippen LogP contribution in [0, 0.1) is 22.6 Å². The lowest BCUT2D eigenvalue weighted by Crippen LogP contribution is -2.33. The van der Waals surface area contributed by atoms with Gasteiger partial charge in [0.2, 0.25) is 10.0 Å². The molecule has 1 aliphatic rings. The van der Waals surface area contributed by atoms with E-state index >= 15 is 0 Å². The molecule has 2 N–H and O–H groups in total. The minimum atomic E-state index is -3.90. The number of aromatic nitrogens is 1. The van der Waals surface area contributed by atoms with Crippen molar-refractivity contribution in [2.45, 2.75) is 19.3 Å². The van der Waals surface area contributed by atoms with Gasteiger partial charge >= 0.3 is 0 Å². The zero-order chi connectivity index (χ0) is 20.4. The van der Waals surface area contributed by atoms with Gasteiger partial charge in [0.1, 0.15) is 11.9 Å². The number of pyridine rings is 1. The van der Waals surface area contributed by atoms with E-state index in [-0.39, 0.29) is 23.3 Å². The van der Waals surface area contributed by atoms with Crippen molar-refractivity contribution >= 4 is 21.6 Å². The van der Waals surface area contributed by atoms with E-state index in [1.807, 2.05) is 12.1 Å². The van der Waals surface area contributed by atoms with Crippen molar-refractivity contribution in [2.24, 2.45) is 10.6 Å². The van der Waals surface area contributed by atoms with E-state index in [0.29, 0.717) is 17.0 Å². The summed E-state index contributed by atoms with van der Waals surface area (Å²) < 4.78 is 38.0. The Bertz CT molecular complexity index is 1110. The number of nitriles is 1. The highest BCUT2D eigenvalue weighted by molar-refractivity contribution is 7.93. The molecule has 3 rings (SSSR count). The molecule has 144 valence electrons. The molecule has 1 atom stereocenters. The Labute approximate surface area is 168 Å². The number of hydrogen-bond donors (Lipinski definition) is 1. The molecule has 1 heterocycles. The van der Waals surface area contributed by atoms with Crippen LogP contribution in [0.15, 0.2) is 64.7 Å². The van der Waals surface area contributed by atoms with Gasteiger partial charge in [-0.2, -0.15) is 5.26 Å². The largest absolute Gasteiger partial charge is 0.261 e. The predicted octanol–water partition coefficient (Wildman–Crippen LogP) is 3.56. The molecule has 0 spiro atoms. The van der Waals surface area contributed by atoms with Crippen LogP contribution in [-0.4, -0.2) is 13.4 Å². The lowest BCUT2D eigenvalue weighted by atomic mass is 9.72. The van der Waals surface area contributed by atoms with E-state index in [4.69, 9.17) is 22.0 Å². The van der Waals surface area contributed by atoms with Crippen LogP contribution in [0.2, 0.25) is 0 Å². The summed E-state index contributed by atoms with van der Waals surface area (Å²) in [6, 6.07) is 11.5. The maximum Gasteiger partial charge on any atom is 0.234 e. The van der Waals surface area contributed by atoms with Crippen LogP contribution in [0.5, 0.6) is 0 Å². The fraction of sp³-hybridized carbons (Fsp3) is 0.200. The fourth-order valence-corrected chi connectivity index (χ4v) is 4.37. The third kappa shape index (κ3) is 4.30. The van der Waals surface area contributed by atoms with Gasteiger partial charge in [-0.05, 0) is 54.8 Å². The molecule has 5 nitrogen and oxygen atoms in total. The summed E-state index contributed by atoms with van der Waals surface area (Å²) in [6.07, 6.45) is 5.23. The van der Waals surface area contributed by atoms with Crippen molar-refractivity contribution in [1.82, 2.24) is 4.98 Å². The van der Waals surface area contributed by atoms with E-state index in [1.54, 1.807) is 24.4 Å². The SMILES string of the molecule is N#Cc1ccc(CC2(Cc3ccccn3)CC(S(N)(=O)=O)=CC=C2Cl)cc1F. The average Bonchev–Trinajstić information content (AvgIpc) is 2.64. The van der Waals surface area contributed by atoms with E-state index in [1.165, 1.54) is 24.3 Å². The molecule has 0 saturated heterocycles. The minimum Gasteiger partial charge on any atom is -0.261 e. The molecule has 28 heavy (non-hydrogen) atoms. The molecule has 8 heteroatoms. The van der Waals surface area contributed by atoms with Crippen LogP contribution < -0.4 is 5.14 Å². The van der Waals surface area contributed by atoms with E-state index in [0.717, 1.165) is 5.69 Å². The van der Waals surface area contributed by atoms with Gasteiger partial charge in [-0.15, -0.1) is 0 Å². The number of hydrogen-bond acceptors (Lipinski definition) is 4. The van der Waals surface area contributed by atoms with E-state index in [2.05, 4.69) is 4.98 Å². The van der Waals surface area contributed by atoms with Gasteiger partial charge in [0.15, 0.2) is 0 Å². The molecule has 2 aromatic rings. The maximum absolute atomic E-state index is 14.1. The van der Waals surface area contributed by atoms with Crippen molar-refractivity contribution in [3.63, 3.8) is 0 Å². The van der Waals surface area contributed by atoms with Gasteiger partial charge in [0.25, 0.3) is 0 Å². The molecule has 0 bridgehead atoms. The van der Waals surface area contributed by atoms with Crippen LogP contribution in [0.1, 0.15) is 23.2 Å². The Morgan fingerprint density at radius 3 is 2.64 bits per heavy atom. The topological polar surface area (TPSA) is 96.8 Å². The molecule has 1 aliphatic carbocycles. The summed E-state index contributed by atoms with van der Waals surface area (Å²) in [5.41, 5.74) is 0.402. The zero-order valence-corrected chi connectivity index (χ0v) is 16.3. The van der Waals surface area contributed by atoms with Gasteiger partial charge in [-0.3, -0.25) is 4.98 Å². The summed E-state index contributed by atoms with van der Waals surface area (Å²) in [5.74, 6) is -0.633. The highest BCUT2D eigenvalue weighted by atomic mass is 35.5. The number of allylic oxidation sites excluding steroid dienone is 4. The Morgan fingerprint density at radius 1 is 1.25 bits per heavy atom. The van der Waals surface area contributed by atoms with Gasteiger partial charge in [-0.1, -0.05) is 23.7 Å². The first-order chi connectivity index (χ1) is 13.2. The van der Waals surface area contributed by atoms with Crippen molar-refractivity contribution in [1.29, 1.82) is 5.26 Å². The lowest BCUT2D eigenvalue weighted by molar-refractivity contribution is 0.358. The third-order valence-corrected chi connectivity index (χ3v) is 6.28. The van der Waals surface area contributed by atoms with Gasteiger partial charge in [0, 0.05) is 28.8 Å². The monoisotopic (exact) mass is 417 g/mol. The maximum atomic E-state index is 14.1. The van der Waals surface area contributed by atoms with Crippen LogP contribution in [0.3, 0.4) is 0 Å². The molecule has 0 saturated carbocycles. The van der Waals surface area contributed by atoms with Crippen LogP contribution >= 0.6 is 11.6 Å². The lowest BCUT2D eigenvalue weighted by Gasteiger charge is -2.36. The molecule has 0 aliphatic heterocycles. The molecule has 1 unspecified atom stereocenters. The summed E-state index contributed by atoms with van der Waals surface area (Å²) in [5, 5.41) is 14.7. The Morgan fingerprint density at radius 2 is 2.04 bits per heavy atom. The van der Waals surface area contributed by atoms with Crippen LogP contribution in [-0.2, 0) is 22.9 Å². The Balaban J connectivity index is 2.05. The molecule has 0 amide bonds. The quantitative estimate of drug-likeness (QED) is 0.804. The van der Waals surface area contributed by atoms with E-state index < -0.39 is 21.3 Å². The second kappa shape index (κ2) is 7.84. The standard InChI is InChI=1S/C20H17ClFN3O2S/c21-19-7-6-17(28(24,26)27)12-20(19,11-16-3-1-2-8-25-16)10-14-4-5-15(13-23)18(22)9-14/h1-9H,10-12H2,(H2,24,26,27). The van der Waals surface area contributed by atoms with Crippen molar-refractivity contribution in [3.05, 3.63) is 87.3 Å². The molecule has 1 aromatic heterocycles. The average molecular weight is 418 g/mol. The minimum absolute atomic E-state index is 0.0574. The van der Waals surface area contributed by atoms with Crippen molar-refractivity contribution in [2.75, 3.05) is 0 Å². The first-order valence-corrected chi connectivity index (χ1v) is 10.3. The normalized spacial score (nSPS) is 19.5. The molecule has 1 aromatic carbocycles. The summed E-state index contributed by atoms with van der Waals surface area (Å²) >= 11 is 6.56. The van der Waals surface area contributed by atoms with E-state index in [9.17, 15) is 12.8 Å². The number of nitrogens with two attached hydrogens (primary N) is 1. The molecular formula is C20H17ClFN3O2S. The molecule has 0 fully saturated rings. The highest BCUT2D eigenvalue weighted by Crippen LogP contribution is 2.46. The van der Waals surface area contributed by atoms with Crippen molar-refractivity contribution in [3.8, 4) is 6.07 Å². The molecular weight excluding hydrogens is 401 g/mol. The fourth-order valence-electron chi connectivity index (χ4n) is 3.37. The smallest absolute Gasteiger partial charge is 0.234 e. The van der Waals surface area contributed by atoms with Gasteiger partial charge < -0.3 is 0 Å². The first kappa shape index (κ1) is 20.2. The van der Waals surface area contributed by atoms with Crippen molar-refractivity contribution < 1.29 is 12.8 Å². The number of nitrogens with zero attached hydrogens (tertiary/aromatic N) is 2. The predicted molar refractivity (Wildman–Crippen MR) is 105 cm³/mol. The summed E-state index contributed by atoms with van der Waals surface area (Å²) in [4.78, 5) is 4.38. The Kier molecular flexibility index (Phi) is 5.66. The number of benzene rings is 1. The Hall–Kier alpha value is -2.53. The number of primary sulfonamides is 1. The second-order valence-electron chi connectivity index (χ2n) is 6.75. The van der Waals surface area contributed by atoms with Gasteiger partial charge in [-0.25, -0.2) is 17.9 Å². The molecule has 0 radical (unpaired) electrons. The summed E-state index contributed by atoms with van der Waals surface area (Å²) in [7, 11) is -3.90. The number of rotatable bonds is 5. The third-order valence-electron chi connectivity index (χ3n) is 4.74. The second-order valence-corrected chi connectivity index (χ2v) is 8.77. The van der Waals surface area contributed by atoms with Gasteiger partial charge in [0.05, 0.1) is 10.5 Å². The van der Waals surface area contributed by atoms with Crippen LogP contribution in [0.4, 0.5) is 4.39 Å². The summed E-state index contributed by atoms with van der Waals surface area (Å²) in [6.45, 7) is 0. The first-order valence-electron chi connectivity index (χ1n) is 8.42. The van der Waals surface area contributed by atoms with Crippen LogP contribution in [0.25, 0.3) is 0 Å². The number of sulfonamides is 1.